The maximum absolute atomic E-state index is 11.2. The van der Waals surface area contributed by atoms with Crippen LogP contribution in [-0.2, 0) is 5.41 Å². The Morgan fingerprint density at radius 1 is 0.971 bits per heavy atom. The van der Waals surface area contributed by atoms with Gasteiger partial charge in [-0.3, -0.25) is 4.79 Å². The first-order valence-corrected chi connectivity index (χ1v) is 12.7. The zero-order valence-corrected chi connectivity index (χ0v) is 20.6. The molecule has 0 spiro atoms. The van der Waals surface area contributed by atoms with E-state index < -0.39 is 0 Å². The second kappa shape index (κ2) is 9.46. The standard InChI is InChI=1S/C30H32ClNO2/c1-20-13-21-15-22(14-20)18-30(2,17-21)24-7-12-29(27(31)16-24)34-26-10-8-25(9-11-26)32-28-6-4-3-5-23(28)19-33/h3-12,16,19-22,32H,13-15,17-18H2,1-2H3. The van der Waals surface area contributed by atoms with E-state index in [0.717, 1.165) is 41.2 Å². The molecule has 0 saturated heterocycles. The number of carbonyl (C=O) groups is 1. The number of ether oxygens (including phenoxy) is 1. The van der Waals surface area contributed by atoms with Crippen LogP contribution < -0.4 is 10.1 Å². The van der Waals surface area contributed by atoms with Crippen molar-refractivity contribution in [3.63, 3.8) is 0 Å². The van der Waals surface area contributed by atoms with Gasteiger partial charge in [-0.1, -0.05) is 43.6 Å². The zero-order valence-electron chi connectivity index (χ0n) is 19.9. The number of benzene rings is 3. The van der Waals surface area contributed by atoms with Crippen LogP contribution >= 0.6 is 11.6 Å². The highest BCUT2D eigenvalue weighted by atomic mass is 35.5. The van der Waals surface area contributed by atoms with Crippen LogP contribution in [0, 0.1) is 17.8 Å². The number of hydrogen-bond acceptors (Lipinski definition) is 3. The topological polar surface area (TPSA) is 38.3 Å². The molecule has 5 rings (SSSR count). The number of carbonyl (C=O) groups excluding carboxylic acids is 1. The van der Waals surface area contributed by atoms with E-state index in [-0.39, 0.29) is 5.41 Å². The largest absolute Gasteiger partial charge is 0.456 e. The molecular formula is C30H32ClNO2. The number of rotatable bonds is 6. The second-order valence-electron chi connectivity index (χ2n) is 10.6. The minimum Gasteiger partial charge on any atom is -0.456 e. The van der Waals surface area contributed by atoms with Crippen molar-refractivity contribution in [2.45, 2.75) is 51.4 Å². The Labute approximate surface area is 207 Å². The first-order valence-electron chi connectivity index (χ1n) is 12.3. The molecular weight excluding hydrogens is 442 g/mol. The predicted molar refractivity (Wildman–Crippen MR) is 140 cm³/mol. The van der Waals surface area contributed by atoms with Crippen LogP contribution in [-0.4, -0.2) is 6.29 Å². The molecule has 176 valence electrons. The Balaban J connectivity index is 1.28. The molecule has 2 saturated carbocycles. The summed E-state index contributed by atoms with van der Waals surface area (Å²) in [6, 6.07) is 21.4. The van der Waals surface area contributed by atoms with Gasteiger partial charge < -0.3 is 10.1 Å². The minimum atomic E-state index is 0.195. The third-order valence-electron chi connectivity index (χ3n) is 7.69. The summed E-state index contributed by atoms with van der Waals surface area (Å²) in [5, 5.41) is 3.94. The van der Waals surface area contributed by atoms with Crippen molar-refractivity contribution in [3.8, 4) is 11.5 Å². The van der Waals surface area contributed by atoms with Gasteiger partial charge in [0.05, 0.1) is 5.02 Å². The first kappa shape index (κ1) is 23.0. The summed E-state index contributed by atoms with van der Waals surface area (Å²) in [5.41, 5.74) is 3.82. The lowest BCUT2D eigenvalue weighted by molar-refractivity contribution is 0.0899. The van der Waals surface area contributed by atoms with E-state index in [4.69, 9.17) is 16.3 Å². The van der Waals surface area contributed by atoms with E-state index in [9.17, 15) is 4.79 Å². The monoisotopic (exact) mass is 473 g/mol. The third kappa shape index (κ3) is 4.86. The molecule has 0 aromatic heterocycles. The molecule has 3 aromatic carbocycles. The van der Waals surface area contributed by atoms with Crippen molar-refractivity contribution in [1.82, 2.24) is 0 Å². The molecule has 2 fully saturated rings. The molecule has 2 aliphatic rings. The summed E-state index contributed by atoms with van der Waals surface area (Å²) in [6.45, 7) is 4.83. The fourth-order valence-corrected chi connectivity index (χ4v) is 6.61. The number of aldehydes is 1. The summed E-state index contributed by atoms with van der Waals surface area (Å²) in [5.74, 6) is 3.94. The van der Waals surface area contributed by atoms with Crippen molar-refractivity contribution < 1.29 is 9.53 Å². The van der Waals surface area contributed by atoms with Crippen molar-refractivity contribution >= 4 is 29.3 Å². The van der Waals surface area contributed by atoms with Crippen LogP contribution in [0.3, 0.4) is 0 Å². The lowest BCUT2D eigenvalue weighted by Gasteiger charge is -2.47. The van der Waals surface area contributed by atoms with E-state index >= 15 is 0 Å². The first-order chi connectivity index (χ1) is 16.4. The van der Waals surface area contributed by atoms with Gasteiger partial charge in [0.2, 0.25) is 0 Å². The molecule has 2 unspecified atom stereocenters. The molecule has 0 radical (unpaired) electrons. The van der Waals surface area contributed by atoms with Crippen LogP contribution in [0.1, 0.15) is 61.9 Å². The van der Waals surface area contributed by atoms with Gasteiger partial charge in [0.1, 0.15) is 11.5 Å². The minimum absolute atomic E-state index is 0.195. The van der Waals surface area contributed by atoms with Crippen LogP contribution in [0.15, 0.2) is 66.7 Å². The number of halogens is 1. The van der Waals surface area contributed by atoms with Crippen molar-refractivity contribution in [3.05, 3.63) is 82.9 Å². The van der Waals surface area contributed by atoms with Crippen LogP contribution in [0.2, 0.25) is 5.02 Å². The Morgan fingerprint density at radius 2 is 1.68 bits per heavy atom. The predicted octanol–water partition coefficient (Wildman–Crippen LogP) is 8.79. The SMILES string of the molecule is CC1CC2CC(C1)CC(C)(c1ccc(Oc3ccc(Nc4ccccc4C=O)cc3)c(Cl)c1)C2. The Morgan fingerprint density at radius 3 is 2.35 bits per heavy atom. The average Bonchev–Trinajstić information content (AvgIpc) is 2.81. The molecule has 34 heavy (non-hydrogen) atoms. The molecule has 3 nitrogen and oxygen atoms in total. The molecule has 0 heterocycles. The van der Waals surface area contributed by atoms with Crippen LogP contribution in [0.4, 0.5) is 11.4 Å². The highest BCUT2D eigenvalue weighted by Crippen LogP contribution is 2.52. The smallest absolute Gasteiger partial charge is 0.152 e. The molecule has 3 aromatic rings. The zero-order chi connectivity index (χ0) is 23.7. The number of hydrogen-bond donors (Lipinski definition) is 1. The maximum atomic E-state index is 11.2. The molecule has 2 aliphatic carbocycles. The van der Waals surface area contributed by atoms with E-state index in [1.165, 1.54) is 37.7 Å². The van der Waals surface area contributed by atoms with Gasteiger partial charge in [-0.25, -0.2) is 0 Å². The Hall–Kier alpha value is -2.78. The molecule has 0 amide bonds. The van der Waals surface area contributed by atoms with Gasteiger partial charge in [-0.2, -0.15) is 0 Å². The van der Waals surface area contributed by atoms with E-state index in [1.54, 1.807) is 6.07 Å². The lowest BCUT2D eigenvalue weighted by atomic mass is 9.57. The van der Waals surface area contributed by atoms with Gasteiger partial charge in [-0.05, 0) is 109 Å². The molecule has 1 N–H and O–H groups in total. The average molecular weight is 474 g/mol. The van der Waals surface area contributed by atoms with Gasteiger partial charge in [0.25, 0.3) is 0 Å². The Kier molecular flexibility index (Phi) is 6.40. The summed E-state index contributed by atoms with van der Waals surface area (Å²) < 4.78 is 6.11. The molecule has 0 aliphatic heterocycles. The van der Waals surface area contributed by atoms with Crippen LogP contribution in [0.5, 0.6) is 11.5 Å². The second-order valence-corrected chi connectivity index (χ2v) is 11.0. The summed E-state index contributed by atoms with van der Waals surface area (Å²) in [4.78, 5) is 11.2. The number of nitrogens with one attached hydrogen (secondary N) is 1. The molecule has 2 bridgehead atoms. The van der Waals surface area contributed by atoms with Crippen molar-refractivity contribution in [1.29, 1.82) is 0 Å². The molecule has 4 heteroatoms. The van der Waals surface area contributed by atoms with Gasteiger partial charge in [0, 0.05) is 16.9 Å². The normalized spacial score (nSPS) is 26.0. The lowest BCUT2D eigenvalue weighted by Crippen LogP contribution is -2.38. The third-order valence-corrected chi connectivity index (χ3v) is 7.99. The van der Waals surface area contributed by atoms with E-state index in [0.29, 0.717) is 16.3 Å². The van der Waals surface area contributed by atoms with Gasteiger partial charge in [-0.15, -0.1) is 0 Å². The highest BCUT2D eigenvalue weighted by molar-refractivity contribution is 6.32. The Bertz CT molecular complexity index is 1150. The molecule has 2 atom stereocenters. The highest BCUT2D eigenvalue weighted by Gasteiger charge is 2.41. The van der Waals surface area contributed by atoms with Crippen molar-refractivity contribution in [2.75, 3.05) is 5.32 Å². The summed E-state index contributed by atoms with van der Waals surface area (Å²) in [6.07, 6.45) is 7.50. The van der Waals surface area contributed by atoms with E-state index in [2.05, 4.69) is 31.3 Å². The summed E-state index contributed by atoms with van der Waals surface area (Å²) in [7, 11) is 0. The fraction of sp³-hybridized carbons (Fsp3) is 0.367. The van der Waals surface area contributed by atoms with Crippen molar-refractivity contribution in [2.24, 2.45) is 17.8 Å². The fourth-order valence-electron chi connectivity index (χ4n) is 6.39. The number of anilines is 2. The summed E-state index contributed by atoms with van der Waals surface area (Å²) >= 11 is 6.71. The van der Waals surface area contributed by atoms with Crippen LogP contribution in [0.25, 0.3) is 0 Å². The van der Waals surface area contributed by atoms with Gasteiger partial charge >= 0.3 is 0 Å². The number of fused-ring (bicyclic) bond motifs is 2. The quantitative estimate of drug-likeness (QED) is 0.363. The van der Waals surface area contributed by atoms with E-state index in [1.807, 2.05) is 48.5 Å². The maximum Gasteiger partial charge on any atom is 0.152 e. The van der Waals surface area contributed by atoms with Gasteiger partial charge in [0.15, 0.2) is 6.29 Å². The number of para-hydroxylation sites is 1.